The maximum absolute atomic E-state index is 12.7. The van der Waals surface area contributed by atoms with Crippen LogP contribution < -0.4 is 0 Å². The summed E-state index contributed by atoms with van der Waals surface area (Å²) >= 11 is 8.07. The average molecular weight is 411 g/mol. The van der Waals surface area contributed by atoms with Crippen molar-refractivity contribution in [2.45, 2.75) is 46.2 Å². The molecule has 0 aromatic carbocycles. The standard InChI is InChI=1S/C19H27ClN4O2S/c1-13(2)10-24-18(20)15(14(3)21-24)6-7-17(25)23-12-27-11-16(23)19(26)22-8-4-5-9-22/h6-7,13,16H,4-5,8-12H2,1-3H3/b7-6+. The van der Waals surface area contributed by atoms with E-state index >= 15 is 0 Å². The van der Waals surface area contributed by atoms with Crippen molar-refractivity contribution in [1.82, 2.24) is 19.6 Å². The molecule has 1 unspecified atom stereocenters. The minimum absolute atomic E-state index is 0.0817. The predicted octanol–water partition coefficient (Wildman–Crippen LogP) is 3.04. The van der Waals surface area contributed by atoms with Crippen LogP contribution in [0.4, 0.5) is 0 Å². The molecule has 27 heavy (non-hydrogen) atoms. The van der Waals surface area contributed by atoms with Crippen LogP contribution in [0.2, 0.25) is 5.15 Å². The van der Waals surface area contributed by atoms with Crippen LogP contribution >= 0.6 is 23.4 Å². The molecule has 2 aliphatic heterocycles. The molecule has 1 aromatic rings. The monoisotopic (exact) mass is 410 g/mol. The van der Waals surface area contributed by atoms with E-state index in [1.807, 2.05) is 11.8 Å². The molecule has 2 amide bonds. The third-order valence-electron chi connectivity index (χ3n) is 4.91. The van der Waals surface area contributed by atoms with Crippen molar-refractivity contribution >= 4 is 41.3 Å². The number of thioether (sulfide) groups is 1. The summed E-state index contributed by atoms with van der Waals surface area (Å²) in [5.74, 6) is 1.58. The molecule has 6 nitrogen and oxygen atoms in total. The molecule has 148 valence electrons. The van der Waals surface area contributed by atoms with Gasteiger partial charge in [-0.2, -0.15) is 5.10 Å². The van der Waals surface area contributed by atoms with Gasteiger partial charge in [-0.1, -0.05) is 25.4 Å². The molecule has 0 spiro atoms. The lowest BCUT2D eigenvalue weighted by Crippen LogP contribution is -2.47. The first-order chi connectivity index (χ1) is 12.9. The zero-order valence-electron chi connectivity index (χ0n) is 16.2. The number of likely N-dealkylation sites (tertiary alicyclic amines) is 1. The van der Waals surface area contributed by atoms with E-state index in [9.17, 15) is 9.59 Å². The van der Waals surface area contributed by atoms with Crippen LogP contribution in [0.25, 0.3) is 6.08 Å². The van der Waals surface area contributed by atoms with Gasteiger partial charge in [-0.15, -0.1) is 11.8 Å². The van der Waals surface area contributed by atoms with E-state index in [-0.39, 0.29) is 17.9 Å². The lowest BCUT2D eigenvalue weighted by atomic mass is 10.2. The SMILES string of the molecule is Cc1nn(CC(C)C)c(Cl)c1/C=C/C(=O)N1CSCC1C(=O)N1CCCC1. The maximum atomic E-state index is 12.7. The number of hydrogen-bond acceptors (Lipinski definition) is 4. The molecule has 1 atom stereocenters. The van der Waals surface area contributed by atoms with Crippen molar-refractivity contribution in [1.29, 1.82) is 0 Å². The molecule has 3 rings (SSSR count). The van der Waals surface area contributed by atoms with Gasteiger partial charge in [0.05, 0.1) is 11.6 Å². The van der Waals surface area contributed by atoms with Crippen LogP contribution in [0.5, 0.6) is 0 Å². The molecule has 2 fully saturated rings. The number of amides is 2. The summed E-state index contributed by atoms with van der Waals surface area (Å²) in [6.07, 6.45) is 5.35. The lowest BCUT2D eigenvalue weighted by molar-refractivity contribution is -0.140. The molecule has 0 N–H and O–H groups in total. The van der Waals surface area contributed by atoms with Crippen LogP contribution in [0.3, 0.4) is 0 Å². The second-order valence-electron chi connectivity index (χ2n) is 7.56. The third-order valence-corrected chi connectivity index (χ3v) is 6.32. The Labute approximate surface area is 169 Å². The third kappa shape index (κ3) is 4.51. The van der Waals surface area contributed by atoms with Crippen molar-refractivity contribution in [3.63, 3.8) is 0 Å². The summed E-state index contributed by atoms with van der Waals surface area (Å²) in [7, 11) is 0. The number of carbonyl (C=O) groups is 2. The molecule has 0 aliphatic carbocycles. The minimum atomic E-state index is -0.356. The first kappa shape index (κ1) is 20.3. The summed E-state index contributed by atoms with van der Waals surface area (Å²) in [4.78, 5) is 29.0. The minimum Gasteiger partial charge on any atom is -0.341 e. The summed E-state index contributed by atoms with van der Waals surface area (Å²) in [6.45, 7) is 8.45. The normalized spacial score (nSPS) is 20.4. The Morgan fingerprint density at radius 2 is 2.04 bits per heavy atom. The van der Waals surface area contributed by atoms with Crippen molar-refractivity contribution in [3.05, 3.63) is 22.5 Å². The highest BCUT2D eigenvalue weighted by molar-refractivity contribution is 7.99. The fraction of sp³-hybridized carbons (Fsp3) is 0.632. The van der Waals surface area contributed by atoms with E-state index in [1.165, 1.54) is 6.08 Å². The van der Waals surface area contributed by atoms with Gasteiger partial charge in [-0.3, -0.25) is 14.3 Å². The van der Waals surface area contributed by atoms with Crippen molar-refractivity contribution < 1.29 is 9.59 Å². The number of aryl methyl sites for hydroxylation is 1. The van der Waals surface area contributed by atoms with E-state index in [0.717, 1.165) is 43.7 Å². The summed E-state index contributed by atoms with van der Waals surface area (Å²) < 4.78 is 1.77. The van der Waals surface area contributed by atoms with Crippen LogP contribution in [-0.4, -0.2) is 62.2 Å². The fourth-order valence-electron chi connectivity index (χ4n) is 3.49. The van der Waals surface area contributed by atoms with E-state index in [0.29, 0.717) is 22.7 Å². The van der Waals surface area contributed by atoms with Crippen molar-refractivity contribution in [2.24, 2.45) is 5.92 Å². The van der Waals surface area contributed by atoms with Crippen LogP contribution in [0, 0.1) is 12.8 Å². The molecular formula is C19H27ClN4O2S. The number of aromatic nitrogens is 2. The highest BCUT2D eigenvalue weighted by Gasteiger charge is 2.36. The predicted molar refractivity (Wildman–Crippen MR) is 110 cm³/mol. The molecule has 2 aliphatic rings. The molecule has 1 aromatic heterocycles. The van der Waals surface area contributed by atoms with Crippen LogP contribution in [-0.2, 0) is 16.1 Å². The highest BCUT2D eigenvalue weighted by atomic mass is 35.5. The van der Waals surface area contributed by atoms with Gasteiger partial charge >= 0.3 is 0 Å². The Hall–Kier alpha value is -1.47. The molecular weight excluding hydrogens is 384 g/mol. The van der Waals surface area contributed by atoms with Crippen molar-refractivity contribution in [2.75, 3.05) is 24.7 Å². The Balaban J connectivity index is 1.71. The van der Waals surface area contributed by atoms with E-state index in [1.54, 1.807) is 27.4 Å². The first-order valence-electron chi connectivity index (χ1n) is 9.46. The number of carbonyl (C=O) groups excluding carboxylic acids is 2. The van der Waals surface area contributed by atoms with Gasteiger partial charge < -0.3 is 9.80 Å². The van der Waals surface area contributed by atoms with Gasteiger partial charge in [0.1, 0.15) is 11.2 Å². The topological polar surface area (TPSA) is 58.4 Å². The molecule has 2 saturated heterocycles. The number of nitrogens with zero attached hydrogens (tertiary/aromatic N) is 4. The zero-order chi connectivity index (χ0) is 19.6. The van der Waals surface area contributed by atoms with E-state index < -0.39 is 0 Å². The van der Waals surface area contributed by atoms with Crippen LogP contribution in [0.15, 0.2) is 6.08 Å². The second-order valence-corrected chi connectivity index (χ2v) is 8.91. The Morgan fingerprint density at radius 3 is 2.70 bits per heavy atom. The quantitative estimate of drug-likeness (QED) is 0.700. The fourth-order valence-corrected chi connectivity index (χ4v) is 4.95. The Morgan fingerprint density at radius 1 is 1.33 bits per heavy atom. The van der Waals surface area contributed by atoms with Gasteiger partial charge in [0.15, 0.2) is 0 Å². The molecule has 0 bridgehead atoms. The van der Waals surface area contributed by atoms with Gasteiger partial charge in [0, 0.05) is 37.0 Å². The molecule has 0 radical (unpaired) electrons. The Kier molecular flexibility index (Phi) is 6.52. The van der Waals surface area contributed by atoms with Crippen LogP contribution in [0.1, 0.15) is 37.9 Å². The summed E-state index contributed by atoms with van der Waals surface area (Å²) in [5.41, 5.74) is 1.56. The smallest absolute Gasteiger partial charge is 0.247 e. The summed E-state index contributed by atoms with van der Waals surface area (Å²) in [6, 6.07) is -0.356. The lowest BCUT2D eigenvalue weighted by Gasteiger charge is -2.26. The maximum Gasteiger partial charge on any atom is 0.247 e. The molecule has 8 heteroatoms. The summed E-state index contributed by atoms with van der Waals surface area (Å²) in [5, 5.41) is 5.01. The van der Waals surface area contributed by atoms with E-state index in [4.69, 9.17) is 11.6 Å². The number of hydrogen-bond donors (Lipinski definition) is 0. The van der Waals surface area contributed by atoms with Gasteiger partial charge in [-0.25, -0.2) is 0 Å². The second kappa shape index (κ2) is 8.69. The van der Waals surface area contributed by atoms with E-state index in [2.05, 4.69) is 18.9 Å². The zero-order valence-corrected chi connectivity index (χ0v) is 17.7. The number of halogens is 1. The first-order valence-corrected chi connectivity index (χ1v) is 11.0. The van der Waals surface area contributed by atoms with Crippen molar-refractivity contribution in [3.8, 4) is 0 Å². The van der Waals surface area contributed by atoms with Gasteiger partial charge in [0.2, 0.25) is 11.8 Å². The highest BCUT2D eigenvalue weighted by Crippen LogP contribution is 2.26. The largest absolute Gasteiger partial charge is 0.341 e. The van der Waals surface area contributed by atoms with Gasteiger partial charge in [-0.05, 0) is 31.8 Å². The molecule has 3 heterocycles. The Bertz CT molecular complexity index is 740. The van der Waals surface area contributed by atoms with Gasteiger partial charge in [0.25, 0.3) is 0 Å². The number of rotatable bonds is 5. The molecule has 0 saturated carbocycles. The average Bonchev–Trinajstić information content (AvgIpc) is 3.35.